The second-order valence-electron chi connectivity index (χ2n) is 5.29. The van der Waals surface area contributed by atoms with Crippen LogP contribution in [0.15, 0.2) is 36.5 Å². The van der Waals surface area contributed by atoms with Crippen LogP contribution in [0.3, 0.4) is 0 Å². The van der Waals surface area contributed by atoms with Crippen molar-refractivity contribution in [2.24, 2.45) is 11.8 Å². The molecule has 0 N–H and O–H groups in total. The number of carbonyl (C=O) groups excluding carboxylic acids is 1. The molecule has 0 bridgehead atoms. The average molecular weight is 239 g/mol. The molecule has 1 aliphatic carbocycles. The van der Waals surface area contributed by atoms with Crippen LogP contribution in [-0.2, 0) is 0 Å². The van der Waals surface area contributed by atoms with E-state index in [-0.39, 0.29) is 5.92 Å². The Morgan fingerprint density at radius 1 is 1.28 bits per heavy atom. The van der Waals surface area contributed by atoms with Crippen molar-refractivity contribution in [3.05, 3.63) is 42.1 Å². The molecular weight excluding hydrogens is 222 g/mol. The van der Waals surface area contributed by atoms with Gasteiger partial charge in [0.1, 0.15) is 0 Å². The first-order valence-electron chi connectivity index (χ1n) is 6.65. The number of nitrogens with zero attached hydrogens (tertiary/aromatic N) is 1. The number of carbonyl (C=O) groups is 1. The monoisotopic (exact) mass is 239 g/mol. The van der Waals surface area contributed by atoms with Crippen molar-refractivity contribution >= 4 is 16.7 Å². The summed E-state index contributed by atoms with van der Waals surface area (Å²) in [7, 11) is 0. The third-order valence-electron chi connectivity index (χ3n) is 4.09. The van der Waals surface area contributed by atoms with Crippen molar-refractivity contribution in [1.29, 1.82) is 0 Å². The van der Waals surface area contributed by atoms with Crippen LogP contribution < -0.4 is 0 Å². The molecule has 2 unspecified atom stereocenters. The van der Waals surface area contributed by atoms with E-state index in [0.717, 1.165) is 22.9 Å². The Morgan fingerprint density at radius 3 is 2.94 bits per heavy atom. The van der Waals surface area contributed by atoms with Gasteiger partial charge in [-0.1, -0.05) is 19.4 Å². The normalized spacial score (nSPS) is 23.4. The maximum Gasteiger partial charge on any atom is 0.166 e. The molecule has 2 nitrogen and oxygen atoms in total. The summed E-state index contributed by atoms with van der Waals surface area (Å²) >= 11 is 0. The molecule has 1 heterocycles. The summed E-state index contributed by atoms with van der Waals surface area (Å²) in [6.45, 7) is 2.19. The fraction of sp³-hybridized carbons (Fsp3) is 0.375. The summed E-state index contributed by atoms with van der Waals surface area (Å²) in [5.41, 5.74) is 1.79. The van der Waals surface area contributed by atoms with Crippen LogP contribution in [0.25, 0.3) is 10.9 Å². The zero-order chi connectivity index (χ0) is 12.5. The zero-order valence-electron chi connectivity index (χ0n) is 10.6. The summed E-state index contributed by atoms with van der Waals surface area (Å²) in [6.07, 6.45) is 5.20. The summed E-state index contributed by atoms with van der Waals surface area (Å²) in [6, 6.07) is 9.77. The Hall–Kier alpha value is -1.70. The smallest absolute Gasteiger partial charge is 0.166 e. The van der Waals surface area contributed by atoms with Gasteiger partial charge in [0.15, 0.2) is 5.78 Å². The largest absolute Gasteiger partial charge is 0.294 e. The molecule has 0 radical (unpaired) electrons. The van der Waals surface area contributed by atoms with Gasteiger partial charge < -0.3 is 0 Å². The Balaban J connectivity index is 1.96. The highest BCUT2D eigenvalue weighted by atomic mass is 16.1. The van der Waals surface area contributed by atoms with Gasteiger partial charge in [0.25, 0.3) is 0 Å². The molecule has 1 aliphatic rings. The zero-order valence-corrected chi connectivity index (χ0v) is 10.6. The third kappa shape index (κ3) is 1.92. The highest BCUT2D eigenvalue weighted by molar-refractivity contribution is 6.01. The van der Waals surface area contributed by atoms with Crippen LogP contribution in [0.5, 0.6) is 0 Å². The fourth-order valence-electron chi connectivity index (χ4n) is 2.98. The van der Waals surface area contributed by atoms with Gasteiger partial charge >= 0.3 is 0 Å². The van der Waals surface area contributed by atoms with E-state index in [4.69, 9.17) is 0 Å². The van der Waals surface area contributed by atoms with Gasteiger partial charge in [0.2, 0.25) is 0 Å². The second kappa shape index (κ2) is 4.52. The minimum atomic E-state index is 0.221. The molecule has 2 atom stereocenters. The van der Waals surface area contributed by atoms with E-state index in [0.29, 0.717) is 11.7 Å². The maximum atomic E-state index is 12.5. The Bertz CT molecular complexity index is 590. The first-order valence-corrected chi connectivity index (χ1v) is 6.65. The lowest BCUT2D eigenvalue weighted by molar-refractivity contribution is 0.0897. The predicted molar refractivity (Wildman–Crippen MR) is 72.6 cm³/mol. The average Bonchev–Trinajstić information content (AvgIpc) is 2.83. The number of hydrogen-bond acceptors (Lipinski definition) is 2. The number of aromatic nitrogens is 1. The maximum absolute atomic E-state index is 12.5. The number of rotatable bonds is 2. The number of fused-ring (bicyclic) bond motifs is 1. The van der Waals surface area contributed by atoms with Crippen molar-refractivity contribution < 1.29 is 4.79 Å². The Morgan fingerprint density at radius 2 is 2.17 bits per heavy atom. The van der Waals surface area contributed by atoms with Crippen LogP contribution in [0.4, 0.5) is 0 Å². The van der Waals surface area contributed by atoms with Gasteiger partial charge in [-0.25, -0.2) is 0 Å². The Labute approximate surface area is 107 Å². The molecule has 0 spiro atoms. The van der Waals surface area contributed by atoms with Crippen LogP contribution in [0, 0.1) is 11.8 Å². The van der Waals surface area contributed by atoms with E-state index in [1.165, 1.54) is 12.8 Å². The van der Waals surface area contributed by atoms with Crippen molar-refractivity contribution in [2.45, 2.75) is 26.2 Å². The van der Waals surface area contributed by atoms with E-state index in [2.05, 4.69) is 11.9 Å². The quantitative estimate of drug-likeness (QED) is 0.745. The minimum absolute atomic E-state index is 0.221. The molecule has 3 rings (SSSR count). The lowest BCUT2D eigenvalue weighted by Crippen LogP contribution is -2.17. The lowest BCUT2D eigenvalue weighted by atomic mass is 9.89. The molecule has 1 fully saturated rings. The standard InChI is InChI=1S/C16H17NO/c1-11-4-2-6-14(11)16(18)13-7-8-15-12(10-13)5-3-9-17-15/h3,5,7-11,14H,2,4,6H2,1H3. The first-order chi connectivity index (χ1) is 8.75. The van der Waals surface area contributed by atoms with E-state index < -0.39 is 0 Å². The molecule has 1 aromatic carbocycles. The van der Waals surface area contributed by atoms with Gasteiger partial charge in [-0.2, -0.15) is 0 Å². The van der Waals surface area contributed by atoms with Crippen LogP contribution >= 0.6 is 0 Å². The molecule has 2 aromatic rings. The molecule has 0 aliphatic heterocycles. The SMILES string of the molecule is CC1CCCC1C(=O)c1ccc2ncccc2c1. The molecule has 0 amide bonds. The number of hydrogen-bond donors (Lipinski definition) is 0. The predicted octanol–water partition coefficient (Wildman–Crippen LogP) is 3.85. The molecule has 2 heteroatoms. The highest BCUT2D eigenvalue weighted by Crippen LogP contribution is 2.34. The fourth-order valence-corrected chi connectivity index (χ4v) is 2.98. The van der Waals surface area contributed by atoms with E-state index in [9.17, 15) is 4.79 Å². The molecule has 1 aromatic heterocycles. The van der Waals surface area contributed by atoms with Crippen LogP contribution in [0.1, 0.15) is 36.5 Å². The molecule has 1 saturated carbocycles. The third-order valence-corrected chi connectivity index (χ3v) is 4.09. The number of benzene rings is 1. The van der Waals surface area contributed by atoms with Crippen molar-refractivity contribution in [3.8, 4) is 0 Å². The van der Waals surface area contributed by atoms with E-state index in [1.807, 2.05) is 30.3 Å². The summed E-state index contributed by atoms with van der Waals surface area (Å²) in [5.74, 6) is 1.06. The van der Waals surface area contributed by atoms with Crippen LogP contribution in [-0.4, -0.2) is 10.8 Å². The molecule has 92 valence electrons. The van der Waals surface area contributed by atoms with Gasteiger partial charge in [0, 0.05) is 23.1 Å². The number of Topliss-reactive ketones (excluding diaryl/α,β-unsaturated/α-hetero) is 1. The van der Waals surface area contributed by atoms with Gasteiger partial charge in [-0.3, -0.25) is 9.78 Å². The topological polar surface area (TPSA) is 30.0 Å². The molecular formula is C16H17NO. The summed E-state index contributed by atoms with van der Waals surface area (Å²) < 4.78 is 0. The Kier molecular flexibility index (Phi) is 2.86. The highest BCUT2D eigenvalue weighted by Gasteiger charge is 2.30. The van der Waals surface area contributed by atoms with E-state index in [1.54, 1.807) is 6.20 Å². The van der Waals surface area contributed by atoms with Crippen molar-refractivity contribution in [1.82, 2.24) is 4.98 Å². The van der Waals surface area contributed by atoms with Crippen molar-refractivity contribution in [3.63, 3.8) is 0 Å². The van der Waals surface area contributed by atoms with Gasteiger partial charge in [-0.15, -0.1) is 0 Å². The summed E-state index contributed by atoms with van der Waals surface area (Å²) in [4.78, 5) is 16.8. The lowest BCUT2D eigenvalue weighted by Gasteiger charge is -2.14. The molecule has 0 saturated heterocycles. The number of pyridine rings is 1. The number of ketones is 1. The van der Waals surface area contributed by atoms with Crippen LogP contribution in [0.2, 0.25) is 0 Å². The van der Waals surface area contributed by atoms with Crippen molar-refractivity contribution in [2.75, 3.05) is 0 Å². The van der Waals surface area contributed by atoms with Gasteiger partial charge in [-0.05, 0) is 43.0 Å². The second-order valence-corrected chi connectivity index (χ2v) is 5.29. The summed E-state index contributed by atoms with van der Waals surface area (Å²) in [5, 5.41) is 1.05. The molecule has 18 heavy (non-hydrogen) atoms. The van der Waals surface area contributed by atoms with Gasteiger partial charge in [0.05, 0.1) is 5.52 Å². The minimum Gasteiger partial charge on any atom is -0.294 e. The first kappa shape index (κ1) is 11.4. The van der Waals surface area contributed by atoms with E-state index >= 15 is 0 Å².